The fourth-order valence-corrected chi connectivity index (χ4v) is 3.74. The van der Waals surface area contributed by atoms with Crippen molar-refractivity contribution in [2.75, 3.05) is 36.8 Å². The first-order valence-electron chi connectivity index (χ1n) is 11.1. The van der Waals surface area contributed by atoms with Gasteiger partial charge in [-0.3, -0.25) is 4.90 Å². The average Bonchev–Trinajstić information content (AvgIpc) is 2.85. The smallest absolute Gasteiger partial charge is 0.326 e. The fraction of sp³-hybridized carbons (Fsp3) is 0.292. The molecule has 0 unspecified atom stereocenters. The second-order valence-corrected chi connectivity index (χ2v) is 8.03. The van der Waals surface area contributed by atoms with Crippen LogP contribution in [0, 0.1) is 11.3 Å². The Kier molecular flexibility index (Phi) is 7.60. The Labute approximate surface area is 197 Å². The molecule has 0 saturated carbocycles. The van der Waals surface area contributed by atoms with Crippen LogP contribution < -0.4 is 16.0 Å². The number of hydrogen-bond donors (Lipinski definition) is 4. The van der Waals surface area contributed by atoms with Gasteiger partial charge in [0.05, 0.1) is 11.6 Å². The summed E-state index contributed by atoms with van der Waals surface area (Å²) in [5.41, 5.74) is 3.34. The van der Waals surface area contributed by atoms with Gasteiger partial charge in [0.1, 0.15) is 12.4 Å². The minimum atomic E-state index is -1.03. The molecule has 4 N–H and O–H groups in total. The van der Waals surface area contributed by atoms with Gasteiger partial charge in [-0.1, -0.05) is 24.3 Å². The van der Waals surface area contributed by atoms with Gasteiger partial charge < -0.3 is 21.1 Å². The molecule has 0 amide bonds. The number of carbonyl (C=O) groups is 1. The quantitative estimate of drug-likeness (QED) is 0.376. The molecule has 2 aromatic carbocycles. The highest BCUT2D eigenvalue weighted by Crippen LogP contribution is 2.17. The van der Waals surface area contributed by atoms with Gasteiger partial charge in [-0.05, 0) is 35.4 Å². The summed E-state index contributed by atoms with van der Waals surface area (Å²) in [4.78, 5) is 26.8. The monoisotopic (exact) mass is 458 g/mol. The van der Waals surface area contributed by atoms with Crippen molar-refractivity contribution in [1.82, 2.24) is 25.2 Å². The van der Waals surface area contributed by atoms with Crippen LogP contribution in [-0.4, -0.2) is 63.1 Å². The molecule has 0 radical (unpaired) electrons. The lowest BCUT2D eigenvalue weighted by molar-refractivity contribution is -0.137. The molecular weight excluding hydrogens is 432 g/mol. The number of aliphatic carboxylic acids is 1. The van der Waals surface area contributed by atoms with Gasteiger partial charge in [0, 0.05) is 44.8 Å². The van der Waals surface area contributed by atoms with Crippen molar-refractivity contribution >= 4 is 23.6 Å². The predicted octanol–water partition coefficient (Wildman–Crippen LogP) is 2.00. The van der Waals surface area contributed by atoms with Gasteiger partial charge in [0.2, 0.25) is 11.9 Å². The normalized spacial score (nSPS) is 14.7. The highest BCUT2D eigenvalue weighted by Gasteiger charge is 2.19. The van der Waals surface area contributed by atoms with Crippen molar-refractivity contribution in [3.8, 4) is 6.07 Å². The topological polar surface area (TPSA) is 139 Å². The van der Waals surface area contributed by atoms with Crippen LogP contribution in [0.3, 0.4) is 0 Å². The van der Waals surface area contributed by atoms with E-state index in [1.807, 2.05) is 18.2 Å². The van der Waals surface area contributed by atoms with E-state index >= 15 is 0 Å². The third kappa shape index (κ3) is 6.48. The Hall–Kier alpha value is -4.07. The van der Waals surface area contributed by atoms with E-state index in [1.165, 1.54) is 11.9 Å². The molecule has 3 aromatic rings. The van der Waals surface area contributed by atoms with Gasteiger partial charge in [-0.25, -0.2) is 14.8 Å². The number of hydrogen-bond acceptors (Lipinski definition) is 9. The maximum atomic E-state index is 11.8. The third-order valence-electron chi connectivity index (χ3n) is 5.50. The number of anilines is 3. The van der Waals surface area contributed by atoms with E-state index in [-0.39, 0.29) is 12.4 Å². The molecule has 174 valence electrons. The zero-order valence-electron chi connectivity index (χ0n) is 18.6. The number of carboxylic acids is 1. The SMILES string of the molecule is N#Cc1ccc(C[C@H](Nc2ncnc(Nc3cccc(CN4CCNCC4)c3)n2)C(=O)O)cc1. The summed E-state index contributed by atoms with van der Waals surface area (Å²) in [6.45, 7) is 4.92. The van der Waals surface area contributed by atoms with E-state index in [9.17, 15) is 9.90 Å². The van der Waals surface area contributed by atoms with Crippen LogP contribution in [0.2, 0.25) is 0 Å². The maximum Gasteiger partial charge on any atom is 0.326 e. The molecule has 4 rings (SSSR count). The number of benzene rings is 2. The lowest BCUT2D eigenvalue weighted by Crippen LogP contribution is -2.42. The Morgan fingerprint density at radius 3 is 2.62 bits per heavy atom. The lowest BCUT2D eigenvalue weighted by Gasteiger charge is -2.27. The van der Waals surface area contributed by atoms with E-state index in [0.717, 1.165) is 44.0 Å². The van der Waals surface area contributed by atoms with Crippen LogP contribution in [0.4, 0.5) is 17.6 Å². The first kappa shape index (κ1) is 23.1. The highest BCUT2D eigenvalue weighted by atomic mass is 16.4. The summed E-state index contributed by atoms with van der Waals surface area (Å²) < 4.78 is 0. The van der Waals surface area contributed by atoms with Crippen molar-refractivity contribution in [3.63, 3.8) is 0 Å². The molecule has 0 bridgehead atoms. The Balaban J connectivity index is 1.41. The molecule has 2 heterocycles. The molecule has 1 aromatic heterocycles. The predicted molar refractivity (Wildman–Crippen MR) is 128 cm³/mol. The maximum absolute atomic E-state index is 11.8. The lowest BCUT2D eigenvalue weighted by atomic mass is 10.0. The van der Waals surface area contributed by atoms with Gasteiger partial charge in [-0.2, -0.15) is 10.2 Å². The van der Waals surface area contributed by atoms with Crippen LogP contribution in [0.1, 0.15) is 16.7 Å². The number of aromatic nitrogens is 3. The summed E-state index contributed by atoms with van der Waals surface area (Å²) in [5, 5.41) is 28.0. The second-order valence-electron chi connectivity index (χ2n) is 8.03. The van der Waals surface area contributed by atoms with Crippen LogP contribution in [0.5, 0.6) is 0 Å². The largest absolute Gasteiger partial charge is 0.480 e. The molecule has 1 atom stereocenters. The van der Waals surface area contributed by atoms with E-state index in [4.69, 9.17) is 5.26 Å². The molecule has 10 heteroatoms. The molecule has 0 aliphatic carbocycles. The molecule has 1 aliphatic heterocycles. The van der Waals surface area contributed by atoms with E-state index in [1.54, 1.807) is 24.3 Å². The van der Waals surface area contributed by atoms with Crippen LogP contribution in [0.15, 0.2) is 54.9 Å². The number of nitriles is 1. The van der Waals surface area contributed by atoms with Gasteiger partial charge in [0.15, 0.2) is 0 Å². The summed E-state index contributed by atoms with van der Waals surface area (Å²) in [6, 6.07) is 16.0. The Morgan fingerprint density at radius 2 is 1.88 bits per heavy atom. The minimum absolute atomic E-state index is 0.163. The van der Waals surface area contributed by atoms with Gasteiger partial charge >= 0.3 is 5.97 Å². The number of piperazine rings is 1. The first-order chi connectivity index (χ1) is 16.6. The van der Waals surface area contributed by atoms with Gasteiger partial charge in [0.25, 0.3) is 0 Å². The van der Waals surface area contributed by atoms with E-state index in [2.05, 4.69) is 47.9 Å². The first-order valence-corrected chi connectivity index (χ1v) is 11.1. The molecule has 34 heavy (non-hydrogen) atoms. The third-order valence-corrected chi connectivity index (χ3v) is 5.50. The zero-order chi connectivity index (χ0) is 23.8. The number of carboxylic acid groups (broad SMARTS) is 1. The van der Waals surface area contributed by atoms with Crippen LogP contribution in [-0.2, 0) is 17.8 Å². The molecule has 1 aliphatic rings. The van der Waals surface area contributed by atoms with Crippen molar-refractivity contribution in [2.45, 2.75) is 19.0 Å². The molecular formula is C24H26N8O2. The number of nitrogens with one attached hydrogen (secondary N) is 3. The minimum Gasteiger partial charge on any atom is -0.480 e. The standard InChI is InChI=1S/C24H26N8O2/c25-14-18-6-4-17(5-7-18)13-21(22(33)34)30-24-28-16-27-23(31-24)29-20-3-1-2-19(12-20)15-32-10-8-26-9-11-32/h1-7,12,16,21,26H,8-11,13,15H2,(H,33,34)(H2,27,28,29,30,31)/t21-/m0/s1. The van der Waals surface area contributed by atoms with Crippen molar-refractivity contribution in [2.24, 2.45) is 0 Å². The van der Waals surface area contributed by atoms with Crippen molar-refractivity contribution in [3.05, 3.63) is 71.5 Å². The van der Waals surface area contributed by atoms with E-state index in [0.29, 0.717) is 11.5 Å². The molecule has 10 nitrogen and oxygen atoms in total. The molecule has 1 saturated heterocycles. The van der Waals surface area contributed by atoms with E-state index < -0.39 is 12.0 Å². The average molecular weight is 459 g/mol. The number of nitrogens with zero attached hydrogens (tertiary/aromatic N) is 5. The number of rotatable bonds is 9. The molecule has 1 fully saturated rings. The van der Waals surface area contributed by atoms with Crippen LogP contribution in [0.25, 0.3) is 0 Å². The van der Waals surface area contributed by atoms with Crippen molar-refractivity contribution in [1.29, 1.82) is 5.26 Å². The fourth-order valence-electron chi connectivity index (χ4n) is 3.74. The Morgan fingerprint density at radius 1 is 1.12 bits per heavy atom. The summed E-state index contributed by atoms with van der Waals surface area (Å²) in [6.07, 6.45) is 1.55. The molecule has 0 spiro atoms. The zero-order valence-corrected chi connectivity index (χ0v) is 18.6. The summed E-state index contributed by atoms with van der Waals surface area (Å²) in [7, 11) is 0. The Bertz CT molecular complexity index is 1160. The van der Waals surface area contributed by atoms with Crippen LogP contribution >= 0.6 is 0 Å². The summed E-state index contributed by atoms with van der Waals surface area (Å²) in [5.74, 6) is -0.547. The highest BCUT2D eigenvalue weighted by molar-refractivity contribution is 5.77. The van der Waals surface area contributed by atoms with Crippen molar-refractivity contribution < 1.29 is 9.90 Å². The summed E-state index contributed by atoms with van der Waals surface area (Å²) >= 11 is 0. The van der Waals surface area contributed by atoms with Gasteiger partial charge in [-0.15, -0.1) is 0 Å². The second kappa shape index (κ2) is 11.2.